The molecule has 0 saturated carbocycles. The Hall–Kier alpha value is -1.70. The molecule has 3 N–H and O–H groups in total. The molecule has 12 nitrogen and oxygen atoms in total. The smallest absolute Gasteiger partial charge is 0.407 e. The number of ether oxygens (including phenoxy) is 7. The number of hydrogen-bond donors (Lipinski definition) is 3. The molecule has 0 unspecified atom stereocenters. The molecule has 0 aromatic rings. The van der Waals surface area contributed by atoms with Crippen LogP contribution in [0.15, 0.2) is 0 Å². The third kappa shape index (κ3) is 21.6. The zero-order valence-electron chi connectivity index (χ0n) is 29.1. The van der Waals surface area contributed by atoms with Crippen LogP contribution in [0.3, 0.4) is 0 Å². The van der Waals surface area contributed by atoms with Crippen molar-refractivity contribution in [3.63, 3.8) is 0 Å². The average Bonchev–Trinajstić information content (AvgIpc) is 3.40. The van der Waals surface area contributed by atoms with Crippen molar-refractivity contribution >= 4 is 12.2 Å². The van der Waals surface area contributed by atoms with Gasteiger partial charge in [-0.3, -0.25) is 0 Å². The van der Waals surface area contributed by atoms with Crippen molar-refractivity contribution in [2.24, 2.45) is 0 Å². The molecule has 2 heterocycles. The first-order chi connectivity index (χ1) is 19.6. The van der Waals surface area contributed by atoms with Crippen LogP contribution in [0.2, 0.25) is 0 Å². The van der Waals surface area contributed by atoms with Crippen molar-refractivity contribution in [2.75, 3.05) is 33.0 Å². The van der Waals surface area contributed by atoms with Crippen LogP contribution < -0.4 is 10.6 Å². The van der Waals surface area contributed by atoms with Gasteiger partial charge in [0.15, 0.2) is 11.6 Å². The summed E-state index contributed by atoms with van der Waals surface area (Å²) in [5.41, 5.74) is -0.984. The van der Waals surface area contributed by atoms with Crippen LogP contribution >= 0.6 is 0 Å². The minimum absolute atomic E-state index is 0.0565. The van der Waals surface area contributed by atoms with Gasteiger partial charge in [-0.1, -0.05) is 20.8 Å². The molecule has 2 fully saturated rings. The van der Waals surface area contributed by atoms with Crippen molar-refractivity contribution in [1.82, 2.24) is 10.6 Å². The van der Waals surface area contributed by atoms with E-state index in [2.05, 4.69) is 17.6 Å². The van der Waals surface area contributed by atoms with E-state index in [0.29, 0.717) is 32.3 Å². The summed E-state index contributed by atoms with van der Waals surface area (Å²) < 4.78 is 37.8. The molecule has 2 saturated heterocycles. The maximum atomic E-state index is 11.7. The van der Waals surface area contributed by atoms with E-state index in [9.17, 15) is 9.59 Å². The molecule has 43 heavy (non-hydrogen) atoms. The molecule has 0 aliphatic carbocycles. The third-order valence-electron chi connectivity index (χ3n) is 5.86. The number of aliphatic hydroxyl groups is 1. The summed E-state index contributed by atoms with van der Waals surface area (Å²) in [5.74, 6) is -0.867. The summed E-state index contributed by atoms with van der Waals surface area (Å²) in [6, 6.07) is -0.287. The fourth-order valence-corrected chi connectivity index (χ4v) is 3.64. The molecule has 0 bridgehead atoms. The van der Waals surface area contributed by atoms with E-state index >= 15 is 0 Å². The maximum absolute atomic E-state index is 11.7. The first-order valence-electron chi connectivity index (χ1n) is 15.4. The Morgan fingerprint density at radius 3 is 1.51 bits per heavy atom. The van der Waals surface area contributed by atoms with Crippen LogP contribution in [-0.4, -0.2) is 97.4 Å². The van der Waals surface area contributed by atoms with E-state index in [4.69, 9.17) is 38.3 Å². The molecular formula is C31H62N2O10. The number of aliphatic hydroxyl groups excluding tert-OH is 1. The number of carbonyl (C=O) groups is 2. The van der Waals surface area contributed by atoms with Crippen LogP contribution in [0, 0.1) is 0 Å². The lowest BCUT2D eigenvalue weighted by atomic mass is 10.2. The number of hydrogen-bond acceptors (Lipinski definition) is 10. The molecule has 0 spiro atoms. The van der Waals surface area contributed by atoms with Gasteiger partial charge in [-0.05, 0) is 88.5 Å². The largest absolute Gasteiger partial charge is 0.444 e. The number of carbonyl (C=O) groups excluding carboxylic acids is 2. The summed E-state index contributed by atoms with van der Waals surface area (Å²) in [5, 5.41) is 14.2. The van der Waals surface area contributed by atoms with E-state index in [1.807, 2.05) is 62.3 Å². The zero-order valence-corrected chi connectivity index (χ0v) is 29.1. The Morgan fingerprint density at radius 1 is 0.791 bits per heavy atom. The Labute approximate surface area is 260 Å². The van der Waals surface area contributed by atoms with Gasteiger partial charge in [0.2, 0.25) is 0 Å². The highest BCUT2D eigenvalue weighted by Crippen LogP contribution is 2.23. The second kappa shape index (κ2) is 19.0. The molecule has 256 valence electrons. The van der Waals surface area contributed by atoms with E-state index in [1.165, 1.54) is 0 Å². The van der Waals surface area contributed by atoms with Crippen molar-refractivity contribution in [1.29, 1.82) is 0 Å². The van der Waals surface area contributed by atoms with E-state index < -0.39 is 29.2 Å². The highest BCUT2D eigenvalue weighted by molar-refractivity contribution is 5.68. The predicted molar refractivity (Wildman–Crippen MR) is 165 cm³/mol. The fraction of sp³-hybridized carbons (Fsp3) is 0.935. The first kappa shape index (κ1) is 41.3. The minimum atomic E-state index is -0.535. The zero-order chi connectivity index (χ0) is 33.5. The Morgan fingerprint density at radius 2 is 1.21 bits per heavy atom. The van der Waals surface area contributed by atoms with E-state index in [1.54, 1.807) is 20.8 Å². The molecule has 4 atom stereocenters. The normalized spacial score (nSPS) is 22.2. The van der Waals surface area contributed by atoms with Crippen LogP contribution in [0.4, 0.5) is 9.59 Å². The fourth-order valence-electron chi connectivity index (χ4n) is 3.64. The summed E-state index contributed by atoms with van der Waals surface area (Å²) >= 11 is 0. The summed E-state index contributed by atoms with van der Waals surface area (Å²) in [4.78, 5) is 22.8. The molecule has 0 aromatic carbocycles. The minimum Gasteiger partial charge on any atom is -0.444 e. The summed E-state index contributed by atoms with van der Waals surface area (Å²) in [6.07, 6.45) is 1.87. The molecular weight excluding hydrogens is 560 g/mol. The number of amides is 2. The van der Waals surface area contributed by atoms with Gasteiger partial charge in [0.05, 0.1) is 51.2 Å². The maximum Gasteiger partial charge on any atom is 0.407 e. The molecule has 2 aliphatic heterocycles. The van der Waals surface area contributed by atoms with Crippen molar-refractivity contribution < 1.29 is 47.9 Å². The van der Waals surface area contributed by atoms with Gasteiger partial charge in [-0.25, -0.2) is 9.59 Å². The van der Waals surface area contributed by atoms with Gasteiger partial charge in [-0.15, -0.1) is 0 Å². The lowest BCUT2D eigenvalue weighted by Crippen LogP contribution is -2.41. The predicted octanol–water partition coefficient (Wildman–Crippen LogP) is 5.29. The third-order valence-corrected chi connectivity index (χ3v) is 5.86. The molecule has 2 aliphatic rings. The summed E-state index contributed by atoms with van der Waals surface area (Å²) in [6.45, 7) is 26.6. The SMILES string of the molecule is CC[C@@H]1COC(C)(C)O1.CC[C@H](CO)NC(=O)OC(C)(C)C.CC[C@H](COC[C@@H]1COC(C)(C)O1)NC(=O)OC(C)(C)C. The number of nitrogens with one attached hydrogen (secondary N) is 2. The highest BCUT2D eigenvalue weighted by Gasteiger charge is 2.33. The second-order valence-corrected chi connectivity index (χ2v) is 13.5. The van der Waals surface area contributed by atoms with Crippen molar-refractivity contribution in [2.45, 2.75) is 156 Å². The van der Waals surface area contributed by atoms with Crippen molar-refractivity contribution in [3.05, 3.63) is 0 Å². The quantitative estimate of drug-likeness (QED) is 0.294. The number of rotatable bonds is 10. The summed E-state index contributed by atoms with van der Waals surface area (Å²) in [7, 11) is 0. The molecule has 12 heteroatoms. The molecule has 2 rings (SSSR count). The topological polar surface area (TPSA) is 143 Å². The van der Waals surface area contributed by atoms with Gasteiger partial charge in [0.25, 0.3) is 0 Å². The average molecular weight is 623 g/mol. The molecule has 0 aromatic heterocycles. The first-order valence-corrected chi connectivity index (χ1v) is 15.4. The molecule has 0 radical (unpaired) electrons. The van der Waals surface area contributed by atoms with Gasteiger partial charge in [0.1, 0.15) is 17.3 Å². The second-order valence-electron chi connectivity index (χ2n) is 13.5. The standard InChI is InChI=1S/C15H29NO5.C9H19NO3.C7H14O2/c1-7-11(16-13(17)21-14(2,3)4)8-18-9-12-10-19-15(5,6)20-12;1-5-7(6-11)10-8(12)13-9(2,3)4;1-4-6-5-8-7(2,3)9-6/h11-12H,7-10H2,1-6H3,(H,16,17);7,11H,5-6H2,1-4H3,(H,10,12);6H,4-5H2,1-3H3/t11-,12-;7-;6-/m111/s1. The van der Waals surface area contributed by atoms with Crippen LogP contribution in [0.25, 0.3) is 0 Å². The molecule has 2 amide bonds. The van der Waals surface area contributed by atoms with Gasteiger partial charge < -0.3 is 48.9 Å². The lowest BCUT2D eigenvalue weighted by molar-refractivity contribution is -0.145. The highest BCUT2D eigenvalue weighted by atomic mass is 16.8. The van der Waals surface area contributed by atoms with Crippen LogP contribution in [0.1, 0.15) is 109 Å². The van der Waals surface area contributed by atoms with E-state index in [0.717, 1.165) is 19.4 Å². The Balaban J connectivity index is 0.000000680. The Bertz CT molecular complexity index is 788. The van der Waals surface area contributed by atoms with Gasteiger partial charge in [-0.2, -0.15) is 0 Å². The van der Waals surface area contributed by atoms with E-state index in [-0.39, 0.29) is 30.6 Å². The van der Waals surface area contributed by atoms with Crippen LogP contribution in [-0.2, 0) is 33.2 Å². The van der Waals surface area contributed by atoms with Gasteiger partial charge >= 0.3 is 12.2 Å². The monoisotopic (exact) mass is 622 g/mol. The van der Waals surface area contributed by atoms with Crippen molar-refractivity contribution in [3.8, 4) is 0 Å². The Kier molecular flexibility index (Phi) is 18.2. The van der Waals surface area contributed by atoms with Crippen LogP contribution in [0.5, 0.6) is 0 Å². The van der Waals surface area contributed by atoms with Gasteiger partial charge in [0, 0.05) is 0 Å². The number of alkyl carbamates (subject to hydrolysis) is 2. The lowest BCUT2D eigenvalue weighted by Gasteiger charge is -2.23.